The summed E-state index contributed by atoms with van der Waals surface area (Å²) in [7, 11) is -4.27. The number of nitrogens with one attached hydrogen (secondary N) is 1. The van der Waals surface area contributed by atoms with Gasteiger partial charge in [-0.3, -0.25) is 23.4 Å². The number of carbonyl (C=O) groups is 1. The fourth-order valence-corrected chi connectivity index (χ4v) is 4.21. The Labute approximate surface area is 189 Å². The van der Waals surface area contributed by atoms with Gasteiger partial charge >= 0.3 is 19.5 Å². The molecule has 0 saturated heterocycles. The van der Waals surface area contributed by atoms with Crippen molar-refractivity contribution in [2.45, 2.75) is 39.2 Å². The van der Waals surface area contributed by atoms with Gasteiger partial charge in [-0.15, -0.1) is 0 Å². The lowest BCUT2D eigenvalue weighted by Crippen LogP contribution is -2.33. The lowest BCUT2D eigenvalue weighted by atomic mass is 10.3. The zero-order valence-corrected chi connectivity index (χ0v) is 19.2. The van der Waals surface area contributed by atoms with E-state index in [1.807, 2.05) is 0 Å². The fourth-order valence-electron chi connectivity index (χ4n) is 2.87. The molecule has 178 valence electrons. The van der Waals surface area contributed by atoms with Crippen molar-refractivity contribution in [3.63, 3.8) is 0 Å². The van der Waals surface area contributed by atoms with Gasteiger partial charge in [-0.05, 0) is 39.0 Å². The van der Waals surface area contributed by atoms with E-state index in [1.54, 1.807) is 56.3 Å². The van der Waals surface area contributed by atoms with E-state index < -0.39 is 43.5 Å². The van der Waals surface area contributed by atoms with Crippen LogP contribution in [0.2, 0.25) is 0 Å². The van der Waals surface area contributed by atoms with E-state index in [1.165, 1.54) is 17.7 Å². The van der Waals surface area contributed by atoms with Crippen molar-refractivity contribution in [2.75, 3.05) is 13.2 Å². The number of phosphoric ester groups is 1. The van der Waals surface area contributed by atoms with Crippen LogP contribution in [0.25, 0.3) is 0 Å². The predicted molar refractivity (Wildman–Crippen MR) is 117 cm³/mol. The smallest absolute Gasteiger partial charge is 0.464 e. The van der Waals surface area contributed by atoms with Gasteiger partial charge in [0, 0.05) is 11.8 Å². The maximum Gasteiger partial charge on any atom is 0.530 e. The molecule has 0 bridgehead atoms. The van der Waals surface area contributed by atoms with E-state index in [0.29, 0.717) is 5.56 Å². The molecule has 0 aliphatic carbocycles. The summed E-state index contributed by atoms with van der Waals surface area (Å²) >= 11 is 0. The van der Waals surface area contributed by atoms with Crippen LogP contribution in [0, 0.1) is 6.92 Å². The molecule has 0 amide bonds. The minimum absolute atomic E-state index is 0.128. The Bertz CT molecular complexity index is 1160. The molecular formula is C21H25N2O9P. The number of benzene rings is 1. The summed E-state index contributed by atoms with van der Waals surface area (Å²) in [6.45, 7) is 4.44. The number of H-pyrrole nitrogens is 1. The van der Waals surface area contributed by atoms with Crippen LogP contribution in [-0.2, 0) is 27.9 Å². The average Bonchev–Trinajstić information content (AvgIpc) is 3.24. The normalized spacial score (nSPS) is 20.2. The third kappa shape index (κ3) is 6.52. The molecule has 0 fully saturated rings. The highest BCUT2D eigenvalue weighted by Crippen LogP contribution is 2.51. The van der Waals surface area contributed by atoms with E-state index >= 15 is 0 Å². The number of hydrogen-bond acceptors (Lipinski definition) is 9. The summed E-state index contributed by atoms with van der Waals surface area (Å²) in [5.74, 6) is -0.504. The maximum atomic E-state index is 13.3. The Morgan fingerprint density at radius 2 is 1.97 bits per heavy atom. The first-order chi connectivity index (χ1) is 15.7. The predicted octanol–water partition coefficient (Wildman–Crippen LogP) is 2.47. The summed E-state index contributed by atoms with van der Waals surface area (Å²) in [6, 6.07) is 8.21. The van der Waals surface area contributed by atoms with Gasteiger partial charge in [-0.25, -0.2) is 14.2 Å². The van der Waals surface area contributed by atoms with Gasteiger partial charge in [0.25, 0.3) is 5.56 Å². The van der Waals surface area contributed by atoms with Crippen molar-refractivity contribution in [2.24, 2.45) is 0 Å². The van der Waals surface area contributed by atoms with E-state index in [2.05, 4.69) is 4.98 Å². The van der Waals surface area contributed by atoms with Gasteiger partial charge in [-0.1, -0.05) is 24.3 Å². The second-order valence-electron chi connectivity index (χ2n) is 7.08. The lowest BCUT2D eigenvalue weighted by molar-refractivity contribution is -0.151. The molecule has 3 rings (SSSR count). The number of nitrogens with zero attached hydrogens (tertiary/aromatic N) is 1. The van der Waals surface area contributed by atoms with Crippen LogP contribution in [0.5, 0.6) is 5.75 Å². The summed E-state index contributed by atoms with van der Waals surface area (Å²) in [6.07, 6.45) is 1.87. The molecule has 2 aromatic rings. The Morgan fingerprint density at radius 1 is 1.24 bits per heavy atom. The topological polar surface area (TPSA) is 135 Å². The number of ether oxygens (including phenoxy) is 2. The van der Waals surface area contributed by atoms with Gasteiger partial charge in [0.1, 0.15) is 11.9 Å². The van der Waals surface area contributed by atoms with Gasteiger partial charge in [0.05, 0.1) is 13.2 Å². The molecular weight excluding hydrogens is 455 g/mol. The van der Waals surface area contributed by atoms with Crippen molar-refractivity contribution in [1.82, 2.24) is 9.55 Å². The van der Waals surface area contributed by atoms with Gasteiger partial charge in [-0.2, -0.15) is 0 Å². The van der Waals surface area contributed by atoms with E-state index in [-0.39, 0.29) is 19.0 Å². The number of aromatic amines is 1. The van der Waals surface area contributed by atoms with Crippen LogP contribution in [0.1, 0.15) is 25.6 Å². The molecule has 1 N–H and O–H groups in total. The van der Waals surface area contributed by atoms with Gasteiger partial charge in [0.15, 0.2) is 12.3 Å². The first-order valence-electron chi connectivity index (χ1n) is 10.2. The van der Waals surface area contributed by atoms with Crippen LogP contribution in [0.4, 0.5) is 0 Å². The third-order valence-corrected chi connectivity index (χ3v) is 5.96. The Balaban J connectivity index is 1.69. The summed E-state index contributed by atoms with van der Waals surface area (Å²) < 4.78 is 41.4. The minimum atomic E-state index is -4.27. The largest absolute Gasteiger partial charge is 0.530 e. The number of rotatable bonds is 10. The van der Waals surface area contributed by atoms with Gasteiger partial charge in [0.2, 0.25) is 0 Å². The molecule has 0 radical (unpaired) electrons. The van der Waals surface area contributed by atoms with Crippen LogP contribution in [0.15, 0.2) is 58.3 Å². The highest BCUT2D eigenvalue weighted by molar-refractivity contribution is 7.49. The zero-order valence-electron chi connectivity index (χ0n) is 18.3. The van der Waals surface area contributed by atoms with Crippen molar-refractivity contribution < 1.29 is 32.4 Å². The molecule has 1 aliphatic rings. The van der Waals surface area contributed by atoms with Crippen molar-refractivity contribution in [3.05, 3.63) is 75.1 Å². The van der Waals surface area contributed by atoms with Crippen LogP contribution in [-0.4, -0.2) is 40.9 Å². The van der Waals surface area contributed by atoms with E-state index in [0.717, 1.165) is 0 Å². The Morgan fingerprint density at radius 3 is 2.67 bits per heavy atom. The zero-order chi connectivity index (χ0) is 24.0. The number of esters is 1. The monoisotopic (exact) mass is 480 g/mol. The minimum Gasteiger partial charge on any atom is -0.464 e. The highest BCUT2D eigenvalue weighted by atomic mass is 31.2. The molecule has 1 aromatic carbocycles. The molecule has 0 saturated carbocycles. The Hall–Kier alpha value is -2.98. The van der Waals surface area contributed by atoms with Crippen LogP contribution in [0.3, 0.4) is 0 Å². The van der Waals surface area contributed by atoms with Crippen LogP contribution < -0.4 is 15.8 Å². The second-order valence-corrected chi connectivity index (χ2v) is 8.62. The Kier molecular flexibility index (Phi) is 8.04. The molecule has 12 heteroatoms. The summed E-state index contributed by atoms with van der Waals surface area (Å²) in [5.41, 5.74) is -0.773. The van der Waals surface area contributed by atoms with E-state index in [9.17, 15) is 18.9 Å². The quantitative estimate of drug-likeness (QED) is 0.309. The summed E-state index contributed by atoms with van der Waals surface area (Å²) in [5, 5.41) is 0. The SMILES string of the molecule is CCOC(=O)C(C)OP(=O)(OCC1C=CC(n2cc(C)c(=O)[nH]c2=O)O1)Oc1ccccc1. The number of hydrogen-bond donors (Lipinski definition) is 1. The molecule has 1 aliphatic heterocycles. The second kappa shape index (κ2) is 10.8. The third-order valence-electron chi connectivity index (χ3n) is 4.49. The fraction of sp³-hybridized carbons (Fsp3) is 0.381. The number of carbonyl (C=O) groups excluding carboxylic acids is 1. The summed E-state index contributed by atoms with van der Waals surface area (Å²) in [4.78, 5) is 37.8. The number of para-hydroxylation sites is 1. The van der Waals surface area contributed by atoms with Crippen molar-refractivity contribution in [3.8, 4) is 5.75 Å². The number of aromatic nitrogens is 2. The number of phosphoric acid groups is 1. The van der Waals surface area contributed by atoms with Gasteiger partial charge < -0.3 is 14.0 Å². The lowest BCUT2D eigenvalue weighted by Gasteiger charge is -2.23. The first-order valence-corrected chi connectivity index (χ1v) is 11.7. The molecule has 2 heterocycles. The standard InChI is InChI=1S/C21H25N2O9P/c1-4-28-20(25)15(3)31-33(27,32-16-8-6-5-7-9-16)29-13-17-10-11-18(30-17)23-12-14(2)19(24)22-21(23)26/h5-12,15,17-18H,4,13H2,1-3H3,(H,22,24,26). The van der Waals surface area contributed by atoms with Crippen LogP contribution >= 0.6 is 7.82 Å². The number of aryl methyl sites for hydroxylation is 1. The average molecular weight is 480 g/mol. The molecule has 4 unspecified atom stereocenters. The highest BCUT2D eigenvalue weighted by Gasteiger charge is 2.36. The van der Waals surface area contributed by atoms with Crippen molar-refractivity contribution in [1.29, 1.82) is 0 Å². The maximum absolute atomic E-state index is 13.3. The molecule has 4 atom stereocenters. The molecule has 11 nitrogen and oxygen atoms in total. The molecule has 0 spiro atoms. The van der Waals surface area contributed by atoms with Crippen molar-refractivity contribution >= 4 is 13.8 Å². The first kappa shape index (κ1) is 24.7. The molecule has 1 aromatic heterocycles. The molecule has 33 heavy (non-hydrogen) atoms. The van der Waals surface area contributed by atoms with E-state index in [4.69, 9.17) is 23.0 Å².